The molecule has 4 rings (SSSR count). The highest BCUT2D eigenvalue weighted by Crippen LogP contribution is 2.49. The number of aromatic nitrogens is 2. The molecule has 0 aliphatic heterocycles. The highest BCUT2D eigenvalue weighted by molar-refractivity contribution is 5.80. The van der Waals surface area contributed by atoms with E-state index in [4.69, 9.17) is 4.74 Å². The minimum Gasteiger partial charge on any atom is -0.497 e. The van der Waals surface area contributed by atoms with Crippen LogP contribution in [0.25, 0.3) is 11.0 Å². The summed E-state index contributed by atoms with van der Waals surface area (Å²) in [7, 11) is 3.64. The van der Waals surface area contributed by atoms with Gasteiger partial charge in [-0.25, -0.2) is 4.98 Å². The maximum atomic E-state index is 12.5. The smallest absolute Gasteiger partial charge is 0.224 e. The molecule has 0 bridgehead atoms. The Balaban J connectivity index is 1.48. The first-order chi connectivity index (χ1) is 11.2. The van der Waals surface area contributed by atoms with Crippen LogP contribution in [0.15, 0.2) is 18.2 Å². The van der Waals surface area contributed by atoms with E-state index in [2.05, 4.69) is 10.3 Å². The van der Waals surface area contributed by atoms with Gasteiger partial charge in [0.1, 0.15) is 11.6 Å². The molecule has 2 aromatic rings. The number of ether oxygens (including phenoxy) is 1. The van der Waals surface area contributed by atoms with Gasteiger partial charge >= 0.3 is 0 Å². The van der Waals surface area contributed by atoms with Crippen LogP contribution in [-0.4, -0.2) is 22.6 Å². The predicted octanol–water partition coefficient (Wildman–Crippen LogP) is 2.63. The van der Waals surface area contributed by atoms with Crippen molar-refractivity contribution >= 4 is 16.9 Å². The third-order valence-electron chi connectivity index (χ3n) is 5.16. The minimum atomic E-state index is 0.222. The molecule has 1 heterocycles. The van der Waals surface area contributed by atoms with Crippen molar-refractivity contribution in [2.75, 3.05) is 7.11 Å². The largest absolute Gasteiger partial charge is 0.497 e. The number of amides is 1. The number of nitrogens with one attached hydrogen (secondary N) is 1. The molecule has 1 amide bonds. The molecule has 2 aliphatic rings. The SMILES string of the molecule is COc1ccc2c(c1)nc(CNC(=O)C(C1CC1)C1CC1)n2C. The summed E-state index contributed by atoms with van der Waals surface area (Å²) in [5.74, 6) is 3.41. The van der Waals surface area contributed by atoms with Gasteiger partial charge in [0, 0.05) is 19.0 Å². The Morgan fingerprint density at radius 1 is 1.35 bits per heavy atom. The van der Waals surface area contributed by atoms with Gasteiger partial charge in [-0.2, -0.15) is 0 Å². The van der Waals surface area contributed by atoms with Crippen LogP contribution in [0.5, 0.6) is 5.75 Å². The Morgan fingerprint density at radius 3 is 2.65 bits per heavy atom. The topological polar surface area (TPSA) is 56.1 Å². The van der Waals surface area contributed by atoms with Crippen molar-refractivity contribution in [2.45, 2.75) is 32.2 Å². The quantitative estimate of drug-likeness (QED) is 0.892. The lowest BCUT2D eigenvalue weighted by Gasteiger charge is -2.15. The van der Waals surface area contributed by atoms with E-state index in [0.717, 1.165) is 22.6 Å². The summed E-state index contributed by atoms with van der Waals surface area (Å²) in [6.07, 6.45) is 4.89. The zero-order valence-electron chi connectivity index (χ0n) is 13.7. The highest BCUT2D eigenvalue weighted by Gasteiger charge is 2.45. The number of fused-ring (bicyclic) bond motifs is 1. The molecule has 122 valence electrons. The third kappa shape index (κ3) is 2.80. The molecule has 1 N–H and O–H groups in total. The zero-order chi connectivity index (χ0) is 16.0. The summed E-state index contributed by atoms with van der Waals surface area (Å²) >= 11 is 0. The van der Waals surface area contributed by atoms with Gasteiger partial charge < -0.3 is 14.6 Å². The number of aryl methyl sites for hydroxylation is 1. The number of methoxy groups -OCH3 is 1. The Kier molecular flexibility index (Phi) is 3.51. The maximum Gasteiger partial charge on any atom is 0.224 e. The van der Waals surface area contributed by atoms with Crippen molar-refractivity contribution in [3.63, 3.8) is 0 Å². The van der Waals surface area contributed by atoms with Crippen LogP contribution in [0, 0.1) is 17.8 Å². The Bertz CT molecular complexity index is 732. The van der Waals surface area contributed by atoms with Crippen LogP contribution in [-0.2, 0) is 18.4 Å². The summed E-state index contributed by atoms with van der Waals surface area (Å²) < 4.78 is 7.29. The van der Waals surface area contributed by atoms with Gasteiger partial charge in [-0.3, -0.25) is 4.79 Å². The Hall–Kier alpha value is -2.04. The molecule has 0 unspecified atom stereocenters. The van der Waals surface area contributed by atoms with Crippen LogP contribution in [0.1, 0.15) is 31.5 Å². The van der Waals surface area contributed by atoms with E-state index in [1.54, 1.807) is 7.11 Å². The fourth-order valence-corrected chi connectivity index (χ4v) is 3.52. The second kappa shape index (κ2) is 5.55. The van der Waals surface area contributed by atoms with E-state index in [9.17, 15) is 4.79 Å². The second-order valence-electron chi connectivity index (χ2n) is 6.86. The molecule has 23 heavy (non-hydrogen) atoms. The van der Waals surface area contributed by atoms with Gasteiger partial charge in [-0.1, -0.05) is 0 Å². The summed E-state index contributed by atoms with van der Waals surface area (Å²) in [5.41, 5.74) is 1.95. The normalized spacial score (nSPS) is 17.7. The number of carbonyl (C=O) groups excluding carboxylic acids is 1. The number of benzene rings is 1. The standard InChI is InChI=1S/C18H23N3O2/c1-21-15-8-7-13(23-2)9-14(15)20-16(21)10-19-18(22)17(11-3-4-11)12-5-6-12/h7-9,11-12,17H,3-6,10H2,1-2H3,(H,19,22). The predicted molar refractivity (Wildman–Crippen MR) is 88.1 cm³/mol. The van der Waals surface area contributed by atoms with Gasteiger partial charge in [-0.05, 0) is 49.7 Å². The van der Waals surface area contributed by atoms with Crippen molar-refractivity contribution in [3.05, 3.63) is 24.0 Å². The third-order valence-corrected chi connectivity index (χ3v) is 5.16. The fourth-order valence-electron chi connectivity index (χ4n) is 3.52. The maximum absolute atomic E-state index is 12.5. The molecule has 5 nitrogen and oxygen atoms in total. The van der Waals surface area contributed by atoms with E-state index < -0.39 is 0 Å². The molecule has 5 heteroatoms. The van der Waals surface area contributed by atoms with Crippen molar-refractivity contribution in [1.29, 1.82) is 0 Å². The molecule has 1 aromatic heterocycles. The first-order valence-electron chi connectivity index (χ1n) is 8.44. The van der Waals surface area contributed by atoms with Crippen molar-refractivity contribution in [3.8, 4) is 5.75 Å². The van der Waals surface area contributed by atoms with E-state index in [1.165, 1.54) is 25.7 Å². The summed E-state index contributed by atoms with van der Waals surface area (Å²) in [5, 5.41) is 3.12. The lowest BCUT2D eigenvalue weighted by molar-refractivity contribution is -0.126. The van der Waals surface area contributed by atoms with Crippen LogP contribution in [0.4, 0.5) is 0 Å². The van der Waals surface area contributed by atoms with E-state index >= 15 is 0 Å². The van der Waals surface area contributed by atoms with Gasteiger partial charge in [0.15, 0.2) is 0 Å². The van der Waals surface area contributed by atoms with Gasteiger partial charge in [0.25, 0.3) is 0 Å². The number of hydrogen-bond donors (Lipinski definition) is 1. The van der Waals surface area contributed by atoms with E-state index in [1.807, 2.05) is 29.8 Å². The molecule has 2 saturated carbocycles. The number of hydrogen-bond acceptors (Lipinski definition) is 3. The van der Waals surface area contributed by atoms with Gasteiger partial charge in [-0.15, -0.1) is 0 Å². The number of carbonyl (C=O) groups is 1. The van der Waals surface area contributed by atoms with Crippen LogP contribution in [0.3, 0.4) is 0 Å². The number of rotatable bonds is 6. The molecular weight excluding hydrogens is 290 g/mol. The minimum absolute atomic E-state index is 0.222. The average molecular weight is 313 g/mol. The van der Waals surface area contributed by atoms with Crippen molar-refractivity contribution in [2.24, 2.45) is 24.8 Å². The first-order valence-corrected chi connectivity index (χ1v) is 8.44. The highest BCUT2D eigenvalue weighted by atomic mass is 16.5. The van der Waals surface area contributed by atoms with Crippen molar-refractivity contribution in [1.82, 2.24) is 14.9 Å². The van der Waals surface area contributed by atoms with Crippen LogP contribution >= 0.6 is 0 Å². The second-order valence-corrected chi connectivity index (χ2v) is 6.86. The molecule has 0 saturated heterocycles. The monoisotopic (exact) mass is 313 g/mol. The molecule has 2 fully saturated rings. The fraction of sp³-hybridized carbons (Fsp3) is 0.556. The van der Waals surface area contributed by atoms with Gasteiger partial charge in [0.05, 0.1) is 24.7 Å². The molecule has 2 aliphatic carbocycles. The molecule has 0 spiro atoms. The average Bonchev–Trinajstić information content (AvgIpc) is 3.47. The number of nitrogens with zero attached hydrogens (tertiary/aromatic N) is 2. The van der Waals surface area contributed by atoms with Gasteiger partial charge in [0.2, 0.25) is 5.91 Å². The lowest BCUT2D eigenvalue weighted by Crippen LogP contribution is -2.33. The van der Waals surface area contributed by atoms with E-state index in [0.29, 0.717) is 18.4 Å². The van der Waals surface area contributed by atoms with Crippen molar-refractivity contribution < 1.29 is 9.53 Å². The Morgan fingerprint density at radius 2 is 2.04 bits per heavy atom. The molecule has 0 radical (unpaired) electrons. The molecule has 0 atom stereocenters. The van der Waals surface area contributed by atoms with E-state index in [-0.39, 0.29) is 11.8 Å². The molecule has 1 aromatic carbocycles. The zero-order valence-corrected chi connectivity index (χ0v) is 13.7. The summed E-state index contributed by atoms with van der Waals surface area (Å²) in [6.45, 7) is 0.488. The lowest BCUT2D eigenvalue weighted by atomic mass is 9.97. The first kappa shape index (κ1) is 14.5. The van der Waals surface area contributed by atoms with Crippen LogP contribution < -0.4 is 10.1 Å². The summed E-state index contributed by atoms with van der Waals surface area (Å²) in [4.78, 5) is 17.2. The molecular formula is C18H23N3O2. The van der Waals surface area contributed by atoms with Crippen LogP contribution in [0.2, 0.25) is 0 Å². The number of imidazole rings is 1. The summed E-state index contributed by atoms with van der Waals surface area (Å²) in [6, 6.07) is 5.87. The Labute approximate surface area is 136 Å².